The smallest absolute Gasteiger partial charge is 0.273 e. The Hall–Kier alpha value is -1.75. The minimum Gasteiger partial charge on any atom is -0.321 e. The van der Waals surface area contributed by atoms with E-state index in [1.54, 1.807) is 16.4 Å². The van der Waals surface area contributed by atoms with Crippen LogP contribution in [0.1, 0.15) is 28.7 Å². The third-order valence-electron chi connectivity index (χ3n) is 2.93. The minimum absolute atomic E-state index is 0.117. The van der Waals surface area contributed by atoms with Crippen molar-refractivity contribution in [1.82, 2.24) is 9.78 Å². The molecule has 20 heavy (non-hydrogen) atoms. The van der Waals surface area contributed by atoms with Crippen LogP contribution >= 0.6 is 11.8 Å². The van der Waals surface area contributed by atoms with Gasteiger partial charge in [0, 0.05) is 18.0 Å². The lowest BCUT2D eigenvalue weighted by Gasteiger charge is -2.08. The Kier molecular flexibility index (Phi) is 4.84. The molecule has 0 radical (unpaired) electrons. The van der Waals surface area contributed by atoms with Crippen LogP contribution in [-0.4, -0.2) is 21.9 Å². The molecule has 1 aromatic carbocycles. The Balaban J connectivity index is 2.16. The number of carbonyl (C=O) groups is 1. The van der Waals surface area contributed by atoms with Crippen molar-refractivity contribution in [3.63, 3.8) is 0 Å². The average Bonchev–Trinajstić information content (AvgIpc) is 2.81. The van der Waals surface area contributed by atoms with Crippen LogP contribution in [-0.2, 0) is 12.3 Å². The van der Waals surface area contributed by atoms with Crippen LogP contribution in [0.4, 0.5) is 5.69 Å². The molecular formula is C15H19N3OS. The second-order valence-corrected chi connectivity index (χ2v) is 5.44. The molecular weight excluding hydrogens is 270 g/mol. The number of benzene rings is 1. The predicted molar refractivity (Wildman–Crippen MR) is 84.3 cm³/mol. The van der Waals surface area contributed by atoms with Crippen molar-refractivity contribution >= 4 is 23.4 Å². The molecule has 5 heteroatoms. The normalized spacial score (nSPS) is 10.6. The number of nitrogens with one attached hydrogen (secondary N) is 1. The number of hydrogen-bond acceptors (Lipinski definition) is 3. The van der Waals surface area contributed by atoms with Crippen LogP contribution in [0, 0.1) is 6.92 Å². The predicted octanol–water partition coefficient (Wildman–Crippen LogP) is 3.33. The largest absolute Gasteiger partial charge is 0.321 e. The van der Waals surface area contributed by atoms with Gasteiger partial charge in [-0.05, 0) is 43.9 Å². The molecule has 0 unspecified atom stereocenters. The second-order valence-electron chi connectivity index (χ2n) is 4.57. The summed E-state index contributed by atoms with van der Waals surface area (Å²) in [5, 5.41) is 7.23. The van der Waals surface area contributed by atoms with Gasteiger partial charge in [-0.2, -0.15) is 16.9 Å². The van der Waals surface area contributed by atoms with E-state index in [-0.39, 0.29) is 5.91 Å². The van der Waals surface area contributed by atoms with Gasteiger partial charge in [-0.15, -0.1) is 0 Å². The molecule has 4 nitrogen and oxygen atoms in total. The maximum Gasteiger partial charge on any atom is 0.273 e. The van der Waals surface area contributed by atoms with Crippen molar-refractivity contribution in [3.05, 3.63) is 47.3 Å². The lowest BCUT2D eigenvalue weighted by atomic mass is 10.2. The van der Waals surface area contributed by atoms with Gasteiger partial charge in [-0.25, -0.2) is 0 Å². The van der Waals surface area contributed by atoms with E-state index in [2.05, 4.69) is 22.7 Å². The zero-order chi connectivity index (χ0) is 14.5. The first-order chi connectivity index (χ1) is 9.63. The van der Waals surface area contributed by atoms with Gasteiger partial charge in [0.2, 0.25) is 0 Å². The third-order valence-corrected chi connectivity index (χ3v) is 3.55. The van der Waals surface area contributed by atoms with Crippen molar-refractivity contribution in [2.45, 2.75) is 26.1 Å². The fourth-order valence-corrected chi connectivity index (χ4v) is 2.58. The van der Waals surface area contributed by atoms with Gasteiger partial charge in [0.05, 0.1) is 5.69 Å². The summed E-state index contributed by atoms with van der Waals surface area (Å²) in [6.07, 6.45) is 2.06. The lowest BCUT2D eigenvalue weighted by molar-refractivity contribution is 0.101. The van der Waals surface area contributed by atoms with Crippen molar-refractivity contribution < 1.29 is 4.79 Å². The van der Waals surface area contributed by atoms with Crippen molar-refractivity contribution in [2.75, 3.05) is 11.6 Å². The van der Waals surface area contributed by atoms with Gasteiger partial charge in [0.1, 0.15) is 5.69 Å². The van der Waals surface area contributed by atoms with Gasteiger partial charge in [0.25, 0.3) is 5.91 Å². The molecule has 0 bridgehead atoms. The average molecular weight is 289 g/mol. The van der Waals surface area contributed by atoms with Crippen molar-refractivity contribution in [3.8, 4) is 0 Å². The quantitative estimate of drug-likeness (QED) is 0.918. The summed E-state index contributed by atoms with van der Waals surface area (Å²) in [7, 11) is 0. The number of hydrogen-bond donors (Lipinski definition) is 1. The molecule has 0 fully saturated rings. The third kappa shape index (κ3) is 3.42. The topological polar surface area (TPSA) is 46.9 Å². The van der Waals surface area contributed by atoms with Crippen molar-refractivity contribution in [1.29, 1.82) is 0 Å². The molecule has 0 aliphatic rings. The number of anilines is 1. The number of nitrogens with zero attached hydrogens (tertiary/aromatic N) is 2. The van der Waals surface area contributed by atoms with E-state index in [9.17, 15) is 4.79 Å². The van der Waals surface area contributed by atoms with Crippen LogP contribution in [0.5, 0.6) is 0 Å². The molecule has 0 aliphatic carbocycles. The van der Waals surface area contributed by atoms with Gasteiger partial charge in [-0.1, -0.05) is 12.1 Å². The van der Waals surface area contributed by atoms with E-state index in [1.165, 1.54) is 5.56 Å². The molecule has 0 aliphatic heterocycles. The van der Waals surface area contributed by atoms with Gasteiger partial charge in [0.15, 0.2) is 0 Å². The minimum atomic E-state index is -0.117. The van der Waals surface area contributed by atoms with Crippen LogP contribution in [0.3, 0.4) is 0 Å². The number of carbonyl (C=O) groups excluding carboxylic acids is 1. The first-order valence-electron chi connectivity index (χ1n) is 6.57. The van der Waals surface area contributed by atoms with Crippen molar-refractivity contribution in [2.24, 2.45) is 0 Å². The lowest BCUT2D eigenvalue weighted by Crippen LogP contribution is -2.17. The number of thioether (sulfide) groups is 1. The summed E-state index contributed by atoms with van der Waals surface area (Å²) in [5.41, 5.74) is 3.48. The Bertz CT molecular complexity index is 607. The highest BCUT2D eigenvalue weighted by Crippen LogP contribution is 2.16. The van der Waals surface area contributed by atoms with Gasteiger partial charge in [-0.3, -0.25) is 9.48 Å². The highest BCUT2D eigenvalue weighted by atomic mass is 32.2. The highest BCUT2D eigenvalue weighted by Gasteiger charge is 2.13. The number of rotatable bonds is 5. The Morgan fingerprint density at radius 1 is 1.40 bits per heavy atom. The van der Waals surface area contributed by atoms with E-state index in [0.29, 0.717) is 12.2 Å². The molecule has 2 rings (SSSR count). The maximum absolute atomic E-state index is 12.3. The summed E-state index contributed by atoms with van der Waals surface area (Å²) in [6, 6.07) is 9.75. The van der Waals surface area contributed by atoms with E-state index in [1.807, 2.05) is 38.1 Å². The fourth-order valence-electron chi connectivity index (χ4n) is 2.07. The number of amides is 1. The summed E-state index contributed by atoms with van der Waals surface area (Å²) >= 11 is 1.76. The monoisotopic (exact) mass is 289 g/mol. The van der Waals surface area contributed by atoms with Crippen LogP contribution in [0.15, 0.2) is 30.3 Å². The fraction of sp³-hybridized carbons (Fsp3) is 0.333. The SMILES string of the molecule is CCn1nc(C)cc1C(=O)Nc1cccc(CSC)c1. The summed E-state index contributed by atoms with van der Waals surface area (Å²) in [4.78, 5) is 12.3. The van der Waals surface area contributed by atoms with Gasteiger partial charge < -0.3 is 5.32 Å². The molecule has 0 spiro atoms. The van der Waals surface area contributed by atoms with Crippen LogP contribution in [0.2, 0.25) is 0 Å². The molecule has 1 heterocycles. The highest BCUT2D eigenvalue weighted by molar-refractivity contribution is 7.97. The van der Waals surface area contributed by atoms with Gasteiger partial charge >= 0.3 is 0 Å². The zero-order valence-electron chi connectivity index (χ0n) is 12.0. The van der Waals surface area contributed by atoms with E-state index >= 15 is 0 Å². The summed E-state index contributed by atoms with van der Waals surface area (Å²) < 4.78 is 1.72. The summed E-state index contributed by atoms with van der Waals surface area (Å²) in [5.74, 6) is 0.823. The maximum atomic E-state index is 12.3. The Morgan fingerprint density at radius 3 is 2.90 bits per heavy atom. The standard InChI is InChI=1S/C15H19N3OS/c1-4-18-14(8-11(2)17-18)15(19)16-13-7-5-6-12(9-13)10-20-3/h5-9H,4,10H2,1-3H3,(H,16,19). The molecule has 1 aromatic heterocycles. The Morgan fingerprint density at radius 2 is 2.20 bits per heavy atom. The van der Waals surface area contributed by atoms with E-state index < -0.39 is 0 Å². The van der Waals surface area contributed by atoms with E-state index in [4.69, 9.17) is 0 Å². The Labute approximate surface area is 123 Å². The molecule has 0 saturated heterocycles. The molecule has 2 aromatic rings. The molecule has 1 N–H and O–H groups in total. The molecule has 0 atom stereocenters. The van der Waals surface area contributed by atoms with Crippen LogP contribution < -0.4 is 5.32 Å². The molecule has 0 saturated carbocycles. The number of aryl methyl sites for hydroxylation is 2. The molecule has 106 valence electrons. The first-order valence-corrected chi connectivity index (χ1v) is 7.97. The first kappa shape index (κ1) is 14.7. The zero-order valence-corrected chi connectivity index (χ0v) is 12.8. The summed E-state index contributed by atoms with van der Waals surface area (Å²) in [6.45, 7) is 4.55. The number of aromatic nitrogens is 2. The molecule has 1 amide bonds. The van der Waals surface area contributed by atoms with E-state index in [0.717, 1.165) is 17.1 Å². The van der Waals surface area contributed by atoms with Crippen LogP contribution in [0.25, 0.3) is 0 Å². The second kappa shape index (κ2) is 6.61.